The fraction of sp³-hybridized carbons (Fsp3) is 0.341. The van der Waals surface area contributed by atoms with Crippen molar-refractivity contribution in [3.63, 3.8) is 0 Å². The van der Waals surface area contributed by atoms with E-state index in [-0.39, 0.29) is 31.9 Å². The van der Waals surface area contributed by atoms with Gasteiger partial charge < -0.3 is 25.8 Å². The van der Waals surface area contributed by atoms with E-state index in [1.807, 2.05) is 6.07 Å². The van der Waals surface area contributed by atoms with Gasteiger partial charge in [-0.3, -0.25) is 0 Å². The Labute approximate surface area is 310 Å². The Morgan fingerprint density at radius 2 is 0.938 bits per heavy atom. The second-order valence-corrected chi connectivity index (χ2v) is 11.8. The molecule has 1 atom stereocenters. The van der Waals surface area contributed by atoms with Crippen LogP contribution in [0.1, 0.15) is 68.0 Å². The summed E-state index contributed by atoms with van der Waals surface area (Å²) < 4.78 is 2.23. The molecule has 256 valence electrons. The number of hydrogen-bond acceptors (Lipinski definition) is 1. The quantitative estimate of drug-likeness (QED) is 0.144. The molecule has 0 amide bonds. The maximum absolute atomic E-state index is 5.60. The van der Waals surface area contributed by atoms with Gasteiger partial charge in [-0.25, -0.2) is 4.98 Å². The van der Waals surface area contributed by atoms with E-state index in [1.54, 1.807) is 42.3 Å². The van der Waals surface area contributed by atoms with E-state index in [2.05, 4.69) is 158 Å². The number of benzene rings is 4. The van der Waals surface area contributed by atoms with E-state index in [1.165, 1.54) is 11.1 Å². The zero-order chi connectivity index (χ0) is 34.8. The number of aromatic nitrogens is 2. The van der Waals surface area contributed by atoms with Crippen LogP contribution in [0.2, 0.25) is 0 Å². The summed E-state index contributed by atoms with van der Waals surface area (Å²) in [5, 5.41) is 16.1. The molecule has 48 heavy (non-hydrogen) atoms. The number of imidazole rings is 1. The largest absolute Gasteiger partial charge is 0.673 e. The fourth-order valence-electron chi connectivity index (χ4n) is 5.21. The monoisotopic (exact) mass is 810 g/mol. The van der Waals surface area contributed by atoms with Crippen LogP contribution in [0.5, 0.6) is 0 Å². The van der Waals surface area contributed by atoms with Crippen molar-refractivity contribution < 1.29 is 25.8 Å². The summed E-state index contributed by atoms with van der Waals surface area (Å²) in [5.74, 6) is 1.67. The molecule has 5 aromatic rings. The van der Waals surface area contributed by atoms with Crippen LogP contribution in [0, 0.1) is 0 Å². The number of rotatable bonds is 8. The first-order valence-electron chi connectivity index (χ1n) is 16.2. The van der Waals surface area contributed by atoms with Crippen molar-refractivity contribution in [1.82, 2.24) is 9.55 Å². The molecule has 1 unspecified atom stereocenters. The summed E-state index contributed by atoms with van der Waals surface area (Å²) in [5.41, 5.74) is 9.07. The van der Waals surface area contributed by atoms with Crippen LogP contribution in [-0.2, 0) is 32.9 Å². The van der Waals surface area contributed by atoms with Gasteiger partial charge in [0.2, 0.25) is 0 Å². The van der Waals surface area contributed by atoms with Crippen LogP contribution >= 0.6 is 0 Å². The third-order valence-corrected chi connectivity index (χ3v) is 7.18. The Bertz CT molecular complexity index is 1520. The minimum atomic E-state index is -0.257. The molecule has 0 saturated carbocycles. The summed E-state index contributed by atoms with van der Waals surface area (Å²) in [6.45, 7) is 9.00. The molecule has 4 aromatic carbocycles. The van der Waals surface area contributed by atoms with Crippen LogP contribution in [-0.4, -0.2) is 51.8 Å². The maximum Gasteiger partial charge on any atom is 0.140 e. The first kappa shape index (κ1) is 42.7. The van der Waals surface area contributed by atoms with Crippen molar-refractivity contribution >= 4 is 5.69 Å². The molecule has 0 radical (unpaired) electrons. The van der Waals surface area contributed by atoms with Gasteiger partial charge in [0, 0.05) is 44.0 Å². The molecular weight excluding hydrogens is 755 g/mol. The molecule has 0 aliphatic carbocycles. The van der Waals surface area contributed by atoms with Crippen molar-refractivity contribution in [2.45, 2.75) is 45.6 Å². The smallest absolute Gasteiger partial charge is 0.140 e. The number of para-hydroxylation sites is 1. The fourth-order valence-corrected chi connectivity index (χ4v) is 5.21. The Balaban J connectivity index is 0.00000104. The molecule has 0 fully saturated rings. The van der Waals surface area contributed by atoms with E-state index < -0.39 is 0 Å². The third kappa shape index (κ3) is 12.0. The van der Waals surface area contributed by atoms with E-state index in [0.29, 0.717) is 11.8 Å². The normalized spacial score (nSPS) is 10.8. The summed E-state index contributed by atoms with van der Waals surface area (Å²) in [7, 11) is 12.6. The van der Waals surface area contributed by atoms with Gasteiger partial charge in [0.1, 0.15) is 5.82 Å². The van der Waals surface area contributed by atoms with Gasteiger partial charge in [0.25, 0.3) is 0 Å². The molecule has 0 spiro atoms. The van der Waals surface area contributed by atoms with Gasteiger partial charge in [-0.1, -0.05) is 154 Å². The van der Waals surface area contributed by atoms with Gasteiger partial charge in [-0.15, -0.1) is 5.69 Å². The Morgan fingerprint density at radius 3 is 1.35 bits per heavy atom. The van der Waals surface area contributed by atoms with Gasteiger partial charge in [0.15, 0.2) is 0 Å². The van der Waals surface area contributed by atoms with Crippen LogP contribution in [0.3, 0.4) is 0 Å². The van der Waals surface area contributed by atoms with E-state index in [4.69, 9.17) is 10.3 Å². The van der Waals surface area contributed by atoms with Gasteiger partial charge >= 0.3 is 0 Å². The third-order valence-electron chi connectivity index (χ3n) is 7.18. The van der Waals surface area contributed by atoms with Crippen molar-refractivity contribution in [1.29, 1.82) is 0 Å². The first-order chi connectivity index (χ1) is 22.7. The van der Waals surface area contributed by atoms with Crippen LogP contribution in [0.15, 0.2) is 109 Å². The SMILES string of the molecule is CC(C)c1cccc(C(C)C)c1[N-]C(c1ccccc1)c1nc(-c2ccccc2)n(C)c1-c1ccccc1.C[N-]C.C[N-]C.C[N-]C.[Hf]. The zero-order valence-corrected chi connectivity index (χ0v) is 34.4. The van der Waals surface area contributed by atoms with Crippen molar-refractivity contribution in [3.05, 3.63) is 153 Å². The van der Waals surface area contributed by atoms with Crippen molar-refractivity contribution in [3.8, 4) is 22.6 Å². The summed E-state index contributed by atoms with van der Waals surface area (Å²) >= 11 is 0. The maximum atomic E-state index is 5.60. The standard InChI is InChI=1S/C35H36N3.3C2H6N.Hf/c1-24(2)29-22-15-23-30(25(3)4)32(29)36-31(26-16-9-6-10-17-26)33-34(27-18-11-7-12-19-27)38(5)35(37-33)28-20-13-8-14-21-28;3*1-3-2;/h6-25,31H,1-5H3;3*1-2H3;/q4*-1;. The van der Waals surface area contributed by atoms with Crippen molar-refractivity contribution in [2.24, 2.45) is 7.05 Å². The van der Waals surface area contributed by atoms with Crippen LogP contribution in [0.25, 0.3) is 43.9 Å². The minimum absolute atomic E-state index is 0. The summed E-state index contributed by atoms with van der Waals surface area (Å²) in [6.07, 6.45) is 0. The molecular formula is C41H54HfN6-4. The molecule has 1 aromatic heterocycles. The zero-order valence-electron chi connectivity index (χ0n) is 30.8. The second kappa shape index (κ2) is 23.1. The van der Waals surface area contributed by atoms with Crippen molar-refractivity contribution in [2.75, 3.05) is 42.3 Å². The predicted molar refractivity (Wildman–Crippen MR) is 206 cm³/mol. The Kier molecular flexibility index (Phi) is 20.5. The van der Waals surface area contributed by atoms with Gasteiger partial charge in [0.05, 0.1) is 11.4 Å². The average molecular weight is 809 g/mol. The van der Waals surface area contributed by atoms with Crippen LogP contribution in [0.4, 0.5) is 5.69 Å². The van der Waals surface area contributed by atoms with Crippen LogP contribution < -0.4 is 0 Å². The molecule has 0 bridgehead atoms. The minimum Gasteiger partial charge on any atom is -0.673 e. The van der Waals surface area contributed by atoms with E-state index >= 15 is 0 Å². The van der Waals surface area contributed by atoms with E-state index in [0.717, 1.165) is 39.6 Å². The summed E-state index contributed by atoms with van der Waals surface area (Å²) in [4.78, 5) is 5.35. The molecule has 0 aliphatic heterocycles. The van der Waals surface area contributed by atoms with Gasteiger partial charge in [-0.2, -0.15) is 42.3 Å². The molecule has 0 saturated heterocycles. The summed E-state index contributed by atoms with van der Waals surface area (Å²) in [6, 6.07) is 38.0. The average Bonchev–Trinajstić information content (AvgIpc) is 3.42. The molecule has 0 aliphatic rings. The van der Waals surface area contributed by atoms with Gasteiger partial charge in [-0.05, 0) is 17.9 Å². The number of nitrogens with zero attached hydrogens (tertiary/aromatic N) is 6. The molecule has 5 rings (SSSR count). The molecule has 0 N–H and O–H groups in total. The molecule has 6 nitrogen and oxygen atoms in total. The Hall–Kier alpha value is -3.36. The first-order valence-corrected chi connectivity index (χ1v) is 16.2. The molecule has 1 heterocycles. The number of hydrogen-bond donors (Lipinski definition) is 0. The Morgan fingerprint density at radius 1 is 0.542 bits per heavy atom. The predicted octanol–water partition coefficient (Wildman–Crippen LogP) is 11.7. The molecule has 7 heteroatoms. The second-order valence-electron chi connectivity index (χ2n) is 11.8. The topological polar surface area (TPSA) is 74.2 Å². The van der Waals surface area contributed by atoms with E-state index in [9.17, 15) is 0 Å².